The van der Waals surface area contributed by atoms with E-state index in [1.807, 2.05) is 29.0 Å². The van der Waals surface area contributed by atoms with Crippen molar-refractivity contribution in [2.75, 3.05) is 33.3 Å². The second-order valence-corrected chi connectivity index (χ2v) is 5.65. The fourth-order valence-corrected chi connectivity index (χ4v) is 2.96. The molecule has 0 unspecified atom stereocenters. The molecule has 1 aromatic heterocycles. The molecule has 0 radical (unpaired) electrons. The van der Waals surface area contributed by atoms with Crippen LogP contribution in [0.2, 0.25) is 0 Å². The first-order valence-corrected chi connectivity index (χ1v) is 7.34. The van der Waals surface area contributed by atoms with Gasteiger partial charge < -0.3 is 15.0 Å². The molecule has 0 bridgehead atoms. The molecule has 0 aliphatic carbocycles. The number of benzene rings is 1. The van der Waals surface area contributed by atoms with Crippen LogP contribution in [0.15, 0.2) is 24.3 Å². The quantitative estimate of drug-likeness (QED) is 0.881. The van der Waals surface area contributed by atoms with Gasteiger partial charge in [-0.2, -0.15) is 0 Å². The van der Waals surface area contributed by atoms with Gasteiger partial charge in [0.25, 0.3) is 0 Å². The van der Waals surface area contributed by atoms with E-state index in [0.29, 0.717) is 19.6 Å². The molecule has 1 amide bonds. The van der Waals surface area contributed by atoms with Crippen LogP contribution in [0.5, 0.6) is 0 Å². The molecule has 0 saturated heterocycles. The van der Waals surface area contributed by atoms with Crippen molar-refractivity contribution in [1.82, 2.24) is 14.8 Å². The van der Waals surface area contributed by atoms with Gasteiger partial charge in [-0.1, -0.05) is 18.2 Å². The van der Waals surface area contributed by atoms with Crippen LogP contribution in [-0.2, 0) is 17.8 Å². The lowest BCUT2D eigenvalue weighted by molar-refractivity contribution is -0.133. The Morgan fingerprint density at radius 3 is 3.05 bits per heavy atom. The number of aromatic nitrogens is 1. The third-order valence-electron chi connectivity index (χ3n) is 4.12. The second-order valence-electron chi connectivity index (χ2n) is 5.65. The number of hydrogen-bond donors (Lipinski definition) is 2. The Hall–Kier alpha value is -1.85. The van der Waals surface area contributed by atoms with E-state index in [1.54, 1.807) is 0 Å². The Bertz CT molecular complexity index is 650. The molecular weight excluding hydrogens is 266 g/mol. The van der Waals surface area contributed by atoms with E-state index in [1.165, 1.54) is 16.6 Å². The number of H-pyrrole nitrogens is 1. The summed E-state index contributed by atoms with van der Waals surface area (Å²) in [5.74, 6) is 0.127. The number of hydrogen-bond acceptors (Lipinski definition) is 3. The fraction of sp³-hybridized carbons (Fsp3) is 0.438. The van der Waals surface area contributed by atoms with Crippen LogP contribution in [0.25, 0.3) is 10.9 Å². The summed E-state index contributed by atoms with van der Waals surface area (Å²) in [5.41, 5.74) is 3.65. The van der Waals surface area contributed by atoms with Gasteiger partial charge in [-0.05, 0) is 13.1 Å². The molecule has 5 heteroatoms. The number of aliphatic hydroxyl groups excluding tert-OH is 1. The molecule has 2 heterocycles. The molecule has 1 aromatic carbocycles. The minimum absolute atomic E-state index is 0.0797. The number of rotatable bonds is 4. The number of nitrogens with zero attached hydrogens (tertiary/aromatic N) is 2. The zero-order chi connectivity index (χ0) is 14.8. The maximum absolute atomic E-state index is 12.3. The van der Waals surface area contributed by atoms with E-state index < -0.39 is 0 Å². The number of aliphatic hydroxyl groups is 1. The number of para-hydroxylation sites is 1. The van der Waals surface area contributed by atoms with E-state index in [4.69, 9.17) is 5.11 Å². The maximum Gasteiger partial charge on any atom is 0.237 e. The minimum atomic E-state index is 0.0797. The summed E-state index contributed by atoms with van der Waals surface area (Å²) in [5, 5.41) is 10.1. The van der Waals surface area contributed by atoms with E-state index >= 15 is 0 Å². The molecule has 3 rings (SSSR count). The SMILES string of the molecule is CN(CCO)CC(=O)N1CCc2[nH]c3ccccc3c2C1. The molecule has 21 heavy (non-hydrogen) atoms. The average molecular weight is 287 g/mol. The van der Waals surface area contributed by atoms with Crippen molar-refractivity contribution in [2.24, 2.45) is 0 Å². The summed E-state index contributed by atoms with van der Waals surface area (Å²) in [6.45, 7) is 2.39. The molecule has 0 atom stereocenters. The summed E-state index contributed by atoms with van der Waals surface area (Å²) in [4.78, 5) is 19.6. The predicted molar refractivity (Wildman–Crippen MR) is 82.0 cm³/mol. The van der Waals surface area contributed by atoms with Crippen molar-refractivity contribution in [3.63, 3.8) is 0 Å². The minimum Gasteiger partial charge on any atom is -0.395 e. The van der Waals surface area contributed by atoms with E-state index in [9.17, 15) is 4.79 Å². The molecule has 2 N–H and O–H groups in total. The third kappa shape index (κ3) is 2.80. The maximum atomic E-state index is 12.3. The first kappa shape index (κ1) is 14.1. The Morgan fingerprint density at radius 2 is 2.24 bits per heavy atom. The van der Waals surface area contributed by atoms with Crippen LogP contribution in [0.1, 0.15) is 11.3 Å². The number of aromatic amines is 1. The second kappa shape index (κ2) is 5.87. The van der Waals surface area contributed by atoms with Crippen LogP contribution in [0.4, 0.5) is 0 Å². The van der Waals surface area contributed by atoms with E-state index in [2.05, 4.69) is 17.1 Å². The predicted octanol–water partition coefficient (Wildman–Crippen LogP) is 0.977. The highest BCUT2D eigenvalue weighted by Gasteiger charge is 2.24. The standard InChI is InChI=1S/C16H21N3O2/c1-18(8-9-20)11-16(21)19-7-6-15-13(10-19)12-4-2-3-5-14(12)17-15/h2-5,17,20H,6-11H2,1H3. The number of nitrogens with one attached hydrogen (secondary N) is 1. The largest absolute Gasteiger partial charge is 0.395 e. The number of likely N-dealkylation sites (N-methyl/N-ethyl adjacent to an activating group) is 1. The van der Waals surface area contributed by atoms with Gasteiger partial charge in [-0.3, -0.25) is 9.69 Å². The van der Waals surface area contributed by atoms with E-state index in [-0.39, 0.29) is 12.5 Å². The molecule has 112 valence electrons. The summed E-state index contributed by atoms with van der Waals surface area (Å²) in [7, 11) is 1.86. The topological polar surface area (TPSA) is 59.6 Å². The molecule has 1 aliphatic rings. The first-order valence-electron chi connectivity index (χ1n) is 7.34. The Labute approximate surface area is 124 Å². The molecule has 2 aromatic rings. The van der Waals surface area contributed by atoms with Crippen LogP contribution in [0.3, 0.4) is 0 Å². The van der Waals surface area contributed by atoms with Crippen LogP contribution < -0.4 is 0 Å². The van der Waals surface area contributed by atoms with Gasteiger partial charge in [0.1, 0.15) is 0 Å². The van der Waals surface area contributed by atoms with Crippen LogP contribution in [-0.4, -0.2) is 59.1 Å². The molecule has 0 spiro atoms. The number of carbonyl (C=O) groups excluding carboxylic acids is 1. The van der Waals surface area contributed by atoms with Gasteiger partial charge in [0.15, 0.2) is 0 Å². The summed E-state index contributed by atoms with van der Waals surface area (Å²) < 4.78 is 0. The molecule has 1 aliphatic heterocycles. The highest BCUT2D eigenvalue weighted by atomic mass is 16.3. The zero-order valence-corrected chi connectivity index (χ0v) is 12.3. The van der Waals surface area contributed by atoms with Crippen molar-refractivity contribution in [2.45, 2.75) is 13.0 Å². The van der Waals surface area contributed by atoms with Gasteiger partial charge in [0, 0.05) is 48.2 Å². The Morgan fingerprint density at radius 1 is 1.43 bits per heavy atom. The molecule has 0 fully saturated rings. The number of carbonyl (C=O) groups is 1. The highest BCUT2D eigenvalue weighted by Crippen LogP contribution is 2.27. The Kier molecular flexibility index (Phi) is 3.94. The summed E-state index contributed by atoms with van der Waals surface area (Å²) in [6.07, 6.45) is 0.874. The molecule has 0 saturated carbocycles. The van der Waals surface area contributed by atoms with Gasteiger partial charge in [0.2, 0.25) is 5.91 Å². The van der Waals surface area contributed by atoms with E-state index in [0.717, 1.165) is 18.5 Å². The van der Waals surface area contributed by atoms with Crippen molar-refractivity contribution in [3.05, 3.63) is 35.5 Å². The smallest absolute Gasteiger partial charge is 0.237 e. The van der Waals surface area contributed by atoms with Gasteiger partial charge >= 0.3 is 0 Å². The molecular formula is C16H21N3O2. The number of fused-ring (bicyclic) bond motifs is 3. The summed E-state index contributed by atoms with van der Waals surface area (Å²) in [6, 6.07) is 8.24. The third-order valence-corrected chi connectivity index (χ3v) is 4.12. The van der Waals surface area contributed by atoms with Crippen molar-refractivity contribution < 1.29 is 9.90 Å². The lowest BCUT2D eigenvalue weighted by Gasteiger charge is -2.29. The van der Waals surface area contributed by atoms with Crippen LogP contribution in [0, 0.1) is 0 Å². The van der Waals surface area contributed by atoms with Crippen molar-refractivity contribution >= 4 is 16.8 Å². The number of amides is 1. The van der Waals surface area contributed by atoms with Gasteiger partial charge in [-0.15, -0.1) is 0 Å². The average Bonchev–Trinajstić information content (AvgIpc) is 2.85. The zero-order valence-electron chi connectivity index (χ0n) is 12.3. The van der Waals surface area contributed by atoms with Crippen LogP contribution >= 0.6 is 0 Å². The van der Waals surface area contributed by atoms with Gasteiger partial charge in [-0.25, -0.2) is 0 Å². The first-order chi connectivity index (χ1) is 10.2. The lowest BCUT2D eigenvalue weighted by atomic mass is 10.0. The lowest BCUT2D eigenvalue weighted by Crippen LogP contribution is -2.42. The monoisotopic (exact) mass is 287 g/mol. The summed E-state index contributed by atoms with van der Waals surface area (Å²) >= 11 is 0. The Balaban J connectivity index is 1.76. The van der Waals surface area contributed by atoms with Crippen molar-refractivity contribution in [3.8, 4) is 0 Å². The van der Waals surface area contributed by atoms with Gasteiger partial charge in [0.05, 0.1) is 13.2 Å². The highest BCUT2D eigenvalue weighted by molar-refractivity contribution is 5.86. The fourth-order valence-electron chi connectivity index (χ4n) is 2.96. The normalized spacial score (nSPS) is 14.7. The molecule has 5 nitrogen and oxygen atoms in total. The van der Waals surface area contributed by atoms with Crippen molar-refractivity contribution in [1.29, 1.82) is 0 Å².